The summed E-state index contributed by atoms with van der Waals surface area (Å²) >= 11 is 2.10. The number of rotatable bonds is 2. The molecule has 0 bridgehead atoms. The first kappa shape index (κ1) is 15.4. The summed E-state index contributed by atoms with van der Waals surface area (Å²) in [6.07, 6.45) is 1.26. The van der Waals surface area contributed by atoms with Crippen molar-refractivity contribution in [1.82, 2.24) is 4.90 Å². The predicted octanol–water partition coefficient (Wildman–Crippen LogP) is 2.71. The van der Waals surface area contributed by atoms with Crippen LogP contribution >= 0.6 is 11.8 Å². The molecule has 2 rings (SSSR count). The normalized spacial score (nSPS) is 18.9. The van der Waals surface area contributed by atoms with Crippen LogP contribution in [0.1, 0.15) is 31.4 Å². The van der Waals surface area contributed by atoms with Crippen molar-refractivity contribution < 1.29 is 0 Å². The predicted molar refractivity (Wildman–Crippen MR) is 88.8 cm³/mol. The molecule has 1 aliphatic rings. The van der Waals surface area contributed by atoms with Gasteiger partial charge in [0, 0.05) is 29.2 Å². The van der Waals surface area contributed by atoms with Gasteiger partial charge in [-0.15, -0.1) is 0 Å². The number of nitrogens with zero attached hydrogens (tertiary/aromatic N) is 1. The average molecular weight is 288 g/mol. The van der Waals surface area contributed by atoms with Crippen molar-refractivity contribution in [1.29, 1.82) is 0 Å². The van der Waals surface area contributed by atoms with Gasteiger partial charge < -0.3 is 5.73 Å². The molecular formula is C17H24N2S. The SMILES string of the molecule is CC1(C)CCN(Cc2ccc(C#CCN)cc2)CCS1. The Labute approximate surface area is 127 Å². The fourth-order valence-corrected chi connectivity index (χ4v) is 3.46. The summed E-state index contributed by atoms with van der Waals surface area (Å²) in [5.74, 6) is 7.18. The first-order chi connectivity index (χ1) is 9.59. The van der Waals surface area contributed by atoms with Gasteiger partial charge in [0.2, 0.25) is 0 Å². The summed E-state index contributed by atoms with van der Waals surface area (Å²) in [5, 5.41) is 0. The molecule has 1 aromatic rings. The van der Waals surface area contributed by atoms with Crippen LogP contribution in [0.15, 0.2) is 24.3 Å². The standard InChI is InChI=1S/C17H24N2S/c1-17(2)9-11-19(12-13-20-17)14-16-7-5-15(6-8-16)4-3-10-18/h5-8H,9-14,18H2,1-2H3. The van der Waals surface area contributed by atoms with Gasteiger partial charge in [-0.25, -0.2) is 0 Å². The van der Waals surface area contributed by atoms with E-state index in [1.54, 1.807) is 0 Å². The van der Waals surface area contributed by atoms with E-state index in [2.05, 4.69) is 66.6 Å². The molecule has 2 N–H and O–H groups in total. The lowest BCUT2D eigenvalue weighted by Crippen LogP contribution is -2.26. The lowest BCUT2D eigenvalue weighted by molar-refractivity contribution is 0.276. The second-order valence-corrected chi connectivity index (χ2v) is 7.64. The third kappa shape index (κ3) is 4.86. The van der Waals surface area contributed by atoms with Crippen molar-refractivity contribution in [3.8, 4) is 11.8 Å². The molecule has 0 radical (unpaired) electrons. The van der Waals surface area contributed by atoms with Crippen molar-refractivity contribution in [2.75, 3.05) is 25.4 Å². The maximum Gasteiger partial charge on any atom is 0.0555 e. The number of hydrogen-bond donors (Lipinski definition) is 1. The Bertz CT molecular complexity index is 482. The maximum atomic E-state index is 5.38. The summed E-state index contributed by atoms with van der Waals surface area (Å²) in [6, 6.07) is 8.55. The third-order valence-corrected chi connectivity index (χ3v) is 5.00. The molecule has 1 heterocycles. The van der Waals surface area contributed by atoms with Gasteiger partial charge in [0.05, 0.1) is 6.54 Å². The first-order valence-electron chi connectivity index (χ1n) is 7.23. The summed E-state index contributed by atoms with van der Waals surface area (Å²) in [5.41, 5.74) is 7.80. The molecule has 3 heteroatoms. The smallest absolute Gasteiger partial charge is 0.0555 e. The van der Waals surface area contributed by atoms with Gasteiger partial charge in [0.25, 0.3) is 0 Å². The summed E-state index contributed by atoms with van der Waals surface area (Å²) in [4.78, 5) is 2.56. The maximum absolute atomic E-state index is 5.38. The molecule has 0 unspecified atom stereocenters. The molecule has 0 saturated carbocycles. The monoisotopic (exact) mass is 288 g/mol. The Kier molecular flexibility index (Phi) is 5.54. The quantitative estimate of drug-likeness (QED) is 0.849. The topological polar surface area (TPSA) is 29.3 Å². The highest BCUT2D eigenvalue weighted by Crippen LogP contribution is 2.31. The van der Waals surface area contributed by atoms with Gasteiger partial charge in [-0.1, -0.05) is 37.8 Å². The molecule has 0 aliphatic carbocycles. The highest BCUT2D eigenvalue weighted by Gasteiger charge is 2.23. The zero-order chi connectivity index (χ0) is 14.4. The van der Waals surface area contributed by atoms with Crippen LogP contribution in [0.4, 0.5) is 0 Å². The minimum atomic E-state index is 0.420. The Balaban J connectivity index is 1.93. The van der Waals surface area contributed by atoms with Gasteiger partial charge in [-0.2, -0.15) is 11.8 Å². The highest BCUT2D eigenvalue weighted by molar-refractivity contribution is 8.00. The minimum Gasteiger partial charge on any atom is -0.320 e. The molecule has 108 valence electrons. The Hall–Kier alpha value is -0.950. The van der Waals surface area contributed by atoms with E-state index in [1.807, 2.05) is 0 Å². The fourth-order valence-electron chi connectivity index (χ4n) is 2.33. The van der Waals surface area contributed by atoms with E-state index in [0.717, 1.165) is 12.1 Å². The Morgan fingerprint density at radius 1 is 1.25 bits per heavy atom. The number of thioether (sulfide) groups is 1. The van der Waals surface area contributed by atoms with E-state index in [0.29, 0.717) is 11.3 Å². The molecule has 2 nitrogen and oxygen atoms in total. The molecular weight excluding hydrogens is 264 g/mol. The van der Waals surface area contributed by atoms with Gasteiger partial charge in [0.1, 0.15) is 0 Å². The van der Waals surface area contributed by atoms with Crippen LogP contribution in [0.3, 0.4) is 0 Å². The van der Waals surface area contributed by atoms with Gasteiger partial charge in [-0.3, -0.25) is 4.90 Å². The lowest BCUT2D eigenvalue weighted by Gasteiger charge is -2.22. The fraction of sp³-hybridized carbons (Fsp3) is 0.529. The molecule has 0 spiro atoms. The number of hydrogen-bond acceptors (Lipinski definition) is 3. The van der Waals surface area contributed by atoms with Crippen LogP contribution in [0.5, 0.6) is 0 Å². The Morgan fingerprint density at radius 2 is 2.00 bits per heavy atom. The first-order valence-corrected chi connectivity index (χ1v) is 8.22. The summed E-state index contributed by atoms with van der Waals surface area (Å²) in [7, 11) is 0. The van der Waals surface area contributed by atoms with Crippen molar-refractivity contribution in [3.63, 3.8) is 0 Å². The van der Waals surface area contributed by atoms with Crippen molar-refractivity contribution in [2.45, 2.75) is 31.6 Å². The van der Waals surface area contributed by atoms with Crippen LogP contribution in [-0.4, -0.2) is 35.0 Å². The minimum absolute atomic E-state index is 0.420. The van der Waals surface area contributed by atoms with E-state index in [4.69, 9.17) is 5.73 Å². The van der Waals surface area contributed by atoms with Crippen LogP contribution in [0.25, 0.3) is 0 Å². The van der Waals surface area contributed by atoms with Crippen LogP contribution in [0.2, 0.25) is 0 Å². The molecule has 1 fully saturated rings. The summed E-state index contributed by atoms with van der Waals surface area (Å²) < 4.78 is 0.427. The van der Waals surface area contributed by atoms with E-state index >= 15 is 0 Å². The van der Waals surface area contributed by atoms with Gasteiger partial charge in [-0.05, 0) is 30.7 Å². The molecule has 1 saturated heterocycles. The molecule has 0 amide bonds. The third-order valence-electron chi connectivity index (χ3n) is 3.63. The zero-order valence-corrected chi connectivity index (χ0v) is 13.3. The lowest BCUT2D eigenvalue weighted by atomic mass is 10.1. The molecule has 1 aromatic carbocycles. The summed E-state index contributed by atoms with van der Waals surface area (Å²) in [6.45, 7) is 8.54. The van der Waals surface area contributed by atoms with Gasteiger partial charge in [0.15, 0.2) is 0 Å². The number of nitrogens with two attached hydrogens (primary N) is 1. The van der Waals surface area contributed by atoms with E-state index in [-0.39, 0.29) is 0 Å². The molecule has 0 aromatic heterocycles. The largest absolute Gasteiger partial charge is 0.320 e. The van der Waals surface area contributed by atoms with E-state index < -0.39 is 0 Å². The Morgan fingerprint density at radius 3 is 2.70 bits per heavy atom. The van der Waals surface area contributed by atoms with Crippen LogP contribution in [0, 0.1) is 11.8 Å². The van der Waals surface area contributed by atoms with E-state index in [1.165, 1.54) is 30.8 Å². The average Bonchev–Trinajstić information content (AvgIpc) is 2.59. The van der Waals surface area contributed by atoms with Gasteiger partial charge >= 0.3 is 0 Å². The second kappa shape index (κ2) is 7.17. The number of benzene rings is 1. The zero-order valence-electron chi connectivity index (χ0n) is 12.5. The highest BCUT2D eigenvalue weighted by atomic mass is 32.2. The van der Waals surface area contributed by atoms with Crippen molar-refractivity contribution in [2.24, 2.45) is 5.73 Å². The second-order valence-electron chi connectivity index (χ2n) is 5.84. The van der Waals surface area contributed by atoms with Crippen LogP contribution < -0.4 is 5.73 Å². The molecule has 20 heavy (non-hydrogen) atoms. The van der Waals surface area contributed by atoms with Crippen molar-refractivity contribution in [3.05, 3.63) is 35.4 Å². The van der Waals surface area contributed by atoms with Crippen molar-refractivity contribution >= 4 is 11.8 Å². The van der Waals surface area contributed by atoms with Crippen LogP contribution in [-0.2, 0) is 6.54 Å². The molecule has 0 atom stereocenters. The molecule has 1 aliphatic heterocycles. The van der Waals surface area contributed by atoms with E-state index in [9.17, 15) is 0 Å².